The summed E-state index contributed by atoms with van der Waals surface area (Å²) in [6.45, 7) is -0.256. The molecule has 0 radical (unpaired) electrons. The van der Waals surface area contributed by atoms with E-state index in [1.165, 1.54) is 0 Å². The van der Waals surface area contributed by atoms with Crippen molar-refractivity contribution in [3.63, 3.8) is 0 Å². The molecule has 0 saturated heterocycles. The van der Waals surface area contributed by atoms with Crippen molar-refractivity contribution in [3.8, 4) is 0 Å². The van der Waals surface area contributed by atoms with Crippen LogP contribution >= 0.6 is 0 Å². The summed E-state index contributed by atoms with van der Waals surface area (Å²) in [6.07, 6.45) is 1.09. The summed E-state index contributed by atoms with van der Waals surface area (Å²) >= 11 is 0. The van der Waals surface area contributed by atoms with Crippen molar-refractivity contribution in [2.75, 3.05) is 6.54 Å². The molecule has 0 aromatic heterocycles. The van der Waals surface area contributed by atoms with Gasteiger partial charge in [0.25, 0.3) is 0 Å². The number of rotatable bonds is 6. The van der Waals surface area contributed by atoms with Gasteiger partial charge in [0, 0.05) is 11.3 Å². The molecule has 1 rings (SSSR count). The molecule has 0 heterocycles. The molecule has 0 spiro atoms. The first-order valence-electron chi connectivity index (χ1n) is 4.86. The van der Waals surface area contributed by atoms with Gasteiger partial charge in [0.15, 0.2) is 0 Å². The molecule has 4 heteroatoms. The first kappa shape index (κ1) is 11.4. The number of nitrogens with zero attached hydrogens (tertiary/aromatic N) is 1. The zero-order valence-electron chi connectivity index (χ0n) is 8.39. The lowest BCUT2D eigenvalue weighted by molar-refractivity contribution is -0.478. The van der Waals surface area contributed by atoms with Crippen LogP contribution in [0.3, 0.4) is 0 Å². The van der Waals surface area contributed by atoms with Crippen LogP contribution in [0.1, 0.15) is 18.4 Å². The number of hydrogen-bond donors (Lipinski definition) is 0. The normalized spacial score (nSPS) is 9.87. The van der Waals surface area contributed by atoms with Crippen LogP contribution in [0, 0.1) is 10.1 Å². The summed E-state index contributed by atoms with van der Waals surface area (Å²) in [6, 6.07) is 9.63. The molecule has 0 aliphatic carbocycles. The highest BCUT2D eigenvalue weighted by atomic mass is 16.6. The van der Waals surface area contributed by atoms with E-state index in [4.69, 9.17) is 0 Å². The summed E-state index contributed by atoms with van der Waals surface area (Å²) in [5, 5.41) is 10.0. The van der Waals surface area contributed by atoms with Gasteiger partial charge in [-0.2, -0.15) is 0 Å². The van der Waals surface area contributed by atoms with Gasteiger partial charge < -0.3 is 0 Å². The summed E-state index contributed by atoms with van der Waals surface area (Å²) in [4.78, 5) is 20.8. The Hall–Kier alpha value is -1.71. The van der Waals surface area contributed by atoms with Crippen LogP contribution in [-0.4, -0.2) is 17.3 Å². The molecule has 1 aromatic carbocycles. The van der Waals surface area contributed by atoms with Gasteiger partial charge in [-0.25, -0.2) is 0 Å². The summed E-state index contributed by atoms with van der Waals surface area (Å²) in [7, 11) is 0. The zero-order valence-corrected chi connectivity index (χ0v) is 8.39. The van der Waals surface area contributed by atoms with Crippen molar-refractivity contribution in [1.82, 2.24) is 0 Å². The van der Waals surface area contributed by atoms with E-state index in [1.54, 1.807) is 0 Å². The van der Waals surface area contributed by atoms with Crippen LogP contribution in [0.25, 0.3) is 0 Å². The fourth-order valence-electron chi connectivity index (χ4n) is 1.27. The maximum absolute atomic E-state index is 11.2. The van der Waals surface area contributed by atoms with E-state index < -0.39 is 4.92 Å². The van der Waals surface area contributed by atoms with Crippen LogP contribution in [0.2, 0.25) is 0 Å². The van der Waals surface area contributed by atoms with E-state index in [9.17, 15) is 14.9 Å². The quantitative estimate of drug-likeness (QED) is 0.528. The molecule has 0 aliphatic heterocycles. The number of carbonyl (C=O) groups is 1. The number of benzene rings is 1. The SMILES string of the molecule is O=C(CCc1ccccc1)CC[N+](=O)[O-]. The van der Waals surface area contributed by atoms with Gasteiger partial charge in [0.1, 0.15) is 5.78 Å². The first-order chi connectivity index (χ1) is 7.18. The van der Waals surface area contributed by atoms with Crippen LogP contribution in [0.4, 0.5) is 0 Å². The second-order valence-corrected chi connectivity index (χ2v) is 3.33. The van der Waals surface area contributed by atoms with Crippen molar-refractivity contribution in [1.29, 1.82) is 0 Å². The third-order valence-corrected chi connectivity index (χ3v) is 2.11. The van der Waals surface area contributed by atoms with Gasteiger partial charge in [0.2, 0.25) is 6.54 Å². The molecule has 15 heavy (non-hydrogen) atoms. The molecule has 0 unspecified atom stereocenters. The summed E-state index contributed by atoms with van der Waals surface area (Å²) in [5.74, 6) is -0.0458. The minimum atomic E-state index is -0.458. The Morgan fingerprint density at radius 2 is 1.87 bits per heavy atom. The number of ketones is 1. The van der Waals surface area contributed by atoms with E-state index in [2.05, 4.69) is 0 Å². The lowest BCUT2D eigenvalue weighted by atomic mass is 10.1. The van der Waals surface area contributed by atoms with E-state index in [1.807, 2.05) is 30.3 Å². The Morgan fingerprint density at radius 3 is 2.47 bits per heavy atom. The Bertz CT molecular complexity index is 335. The molecular formula is C11H13NO3. The van der Waals surface area contributed by atoms with Gasteiger partial charge >= 0.3 is 0 Å². The van der Waals surface area contributed by atoms with Crippen molar-refractivity contribution < 1.29 is 9.72 Å². The number of aryl methyl sites for hydroxylation is 1. The lowest BCUT2D eigenvalue weighted by Gasteiger charge is -1.99. The van der Waals surface area contributed by atoms with Gasteiger partial charge in [-0.15, -0.1) is 0 Å². The topological polar surface area (TPSA) is 60.2 Å². The zero-order chi connectivity index (χ0) is 11.1. The average molecular weight is 207 g/mol. The molecule has 0 fully saturated rings. The number of hydrogen-bond acceptors (Lipinski definition) is 3. The fraction of sp³-hybridized carbons (Fsp3) is 0.364. The predicted octanol–water partition coefficient (Wildman–Crippen LogP) is 1.86. The molecule has 0 N–H and O–H groups in total. The summed E-state index contributed by atoms with van der Waals surface area (Å²) < 4.78 is 0. The molecule has 0 saturated carbocycles. The molecular weight excluding hydrogens is 194 g/mol. The third kappa shape index (κ3) is 4.90. The van der Waals surface area contributed by atoms with Crippen molar-refractivity contribution in [2.45, 2.75) is 19.3 Å². The van der Waals surface area contributed by atoms with Gasteiger partial charge in [-0.1, -0.05) is 30.3 Å². The second kappa shape index (κ2) is 5.90. The number of nitro groups is 1. The summed E-state index contributed by atoms with van der Waals surface area (Å²) in [5.41, 5.74) is 1.09. The van der Waals surface area contributed by atoms with Crippen LogP contribution in [-0.2, 0) is 11.2 Å². The van der Waals surface area contributed by atoms with Gasteiger partial charge in [-0.3, -0.25) is 14.9 Å². The molecule has 1 aromatic rings. The highest BCUT2D eigenvalue weighted by Gasteiger charge is 2.06. The molecule has 4 nitrogen and oxygen atoms in total. The Kier molecular flexibility index (Phi) is 4.47. The molecule has 0 amide bonds. The van der Waals surface area contributed by atoms with Gasteiger partial charge in [0.05, 0.1) is 6.42 Å². The maximum Gasteiger partial charge on any atom is 0.210 e. The third-order valence-electron chi connectivity index (χ3n) is 2.11. The Morgan fingerprint density at radius 1 is 1.20 bits per heavy atom. The van der Waals surface area contributed by atoms with E-state index in [-0.39, 0.29) is 18.7 Å². The van der Waals surface area contributed by atoms with Crippen molar-refractivity contribution >= 4 is 5.78 Å². The Balaban J connectivity index is 2.26. The molecule has 80 valence electrons. The fourth-order valence-corrected chi connectivity index (χ4v) is 1.27. The minimum Gasteiger partial charge on any atom is -0.299 e. The molecule has 0 aliphatic rings. The van der Waals surface area contributed by atoms with Crippen molar-refractivity contribution in [3.05, 3.63) is 46.0 Å². The number of Topliss-reactive ketones (excluding diaryl/α,β-unsaturated/α-hetero) is 1. The maximum atomic E-state index is 11.2. The van der Waals surface area contributed by atoms with Crippen LogP contribution in [0.15, 0.2) is 30.3 Å². The lowest BCUT2D eigenvalue weighted by Crippen LogP contribution is -2.08. The molecule has 0 bridgehead atoms. The molecule has 0 atom stereocenters. The van der Waals surface area contributed by atoms with E-state index >= 15 is 0 Å². The highest BCUT2D eigenvalue weighted by Crippen LogP contribution is 2.03. The van der Waals surface area contributed by atoms with Crippen LogP contribution in [0.5, 0.6) is 0 Å². The monoisotopic (exact) mass is 207 g/mol. The second-order valence-electron chi connectivity index (χ2n) is 3.33. The standard InChI is InChI=1S/C11H13NO3/c13-11(8-9-12(14)15)7-6-10-4-2-1-3-5-10/h1-5H,6-9H2. The van der Waals surface area contributed by atoms with Crippen LogP contribution < -0.4 is 0 Å². The van der Waals surface area contributed by atoms with E-state index in [0.29, 0.717) is 12.8 Å². The largest absolute Gasteiger partial charge is 0.299 e. The minimum absolute atomic E-state index is 0.0415. The van der Waals surface area contributed by atoms with Gasteiger partial charge in [-0.05, 0) is 12.0 Å². The Labute approximate surface area is 88.1 Å². The first-order valence-corrected chi connectivity index (χ1v) is 4.86. The highest BCUT2D eigenvalue weighted by molar-refractivity contribution is 5.78. The van der Waals surface area contributed by atoms with E-state index in [0.717, 1.165) is 5.56 Å². The van der Waals surface area contributed by atoms with Crippen molar-refractivity contribution in [2.24, 2.45) is 0 Å². The predicted molar refractivity (Wildman–Crippen MR) is 56.2 cm³/mol. The average Bonchev–Trinajstić information content (AvgIpc) is 2.25. The smallest absolute Gasteiger partial charge is 0.210 e. The number of carbonyl (C=O) groups excluding carboxylic acids is 1.